The molecule has 1 nitrogen and oxygen atoms in total. The lowest BCUT2D eigenvalue weighted by Crippen LogP contribution is -2.24. The number of hydrogen-bond acceptors (Lipinski definition) is 2. The lowest BCUT2D eigenvalue weighted by Gasteiger charge is -2.20. The van der Waals surface area contributed by atoms with Crippen molar-refractivity contribution in [3.63, 3.8) is 0 Å². The van der Waals surface area contributed by atoms with E-state index in [1.165, 1.54) is 0 Å². The van der Waals surface area contributed by atoms with E-state index in [-0.39, 0.29) is 0 Å². The molecular weight excluding hydrogens is 108 g/mol. The summed E-state index contributed by atoms with van der Waals surface area (Å²) in [5.74, 6) is 2.90. The summed E-state index contributed by atoms with van der Waals surface area (Å²) in [6.07, 6.45) is 0. The third-order valence-electron chi connectivity index (χ3n) is 1.21. The fraction of sp³-hybridized carbons (Fsp3) is 0.800. The molecular formula is C5H8OS. The van der Waals surface area contributed by atoms with Crippen LogP contribution in [0.3, 0.4) is 0 Å². The van der Waals surface area contributed by atoms with Gasteiger partial charge in [-0.1, -0.05) is 0 Å². The van der Waals surface area contributed by atoms with Crippen LogP contribution >= 0.6 is 11.8 Å². The Bertz CT molecular complexity index is 86.1. The zero-order valence-corrected chi connectivity index (χ0v) is 5.12. The zero-order valence-electron chi connectivity index (χ0n) is 4.31. The molecule has 0 radical (unpaired) electrons. The molecule has 0 unspecified atom stereocenters. The van der Waals surface area contributed by atoms with Crippen LogP contribution in [0.15, 0.2) is 0 Å². The predicted octanol–water partition coefficient (Wildman–Crippen LogP) is 0.938. The van der Waals surface area contributed by atoms with E-state index in [9.17, 15) is 4.79 Å². The van der Waals surface area contributed by atoms with Gasteiger partial charge >= 0.3 is 0 Å². The molecule has 0 aromatic rings. The van der Waals surface area contributed by atoms with Gasteiger partial charge in [-0.15, -0.1) is 0 Å². The van der Waals surface area contributed by atoms with E-state index in [0.29, 0.717) is 11.7 Å². The van der Waals surface area contributed by atoms with Crippen LogP contribution in [0.4, 0.5) is 0 Å². The van der Waals surface area contributed by atoms with E-state index >= 15 is 0 Å². The monoisotopic (exact) mass is 116 g/mol. The van der Waals surface area contributed by atoms with Crippen molar-refractivity contribution in [2.45, 2.75) is 6.92 Å². The first-order valence-electron chi connectivity index (χ1n) is 2.39. The molecule has 7 heavy (non-hydrogen) atoms. The molecule has 0 aromatic carbocycles. The minimum absolute atomic E-state index is 0.360. The summed E-state index contributed by atoms with van der Waals surface area (Å²) in [4.78, 5) is 10.4. The van der Waals surface area contributed by atoms with Crippen molar-refractivity contribution in [3.8, 4) is 0 Å². The van der Waals surface area contributed by atoms with Crippen LogP contribution in [-0.2, 0) is 4.79 Å². The number of Topliss-reactive ketones (excluding diaryl/α,β-unsaturated/α-hetero) is 1. The summed E-state index contributed by atoms with van der Waals surface area (Å²) in [6.45, 7) is 1.67. The highest BCUT2D eigenvalue weighted by molar-refractivity contribution is 8.00. The number of thioether (sulfide) groups is 1. The van der Waals surface area contributed by atoms with E-state index in [4.69, 9.17) is 0 Å². The molecule has 0 saturated carbocycles. The second-order valence-electron chi connectivity index (χ2n) is 1.85. The number of ketones is 1. The SMILES string of the molecule is CC(=O)C1CSC1. The van der Waals surface area contributed by atoms with Gasteiger partial charge in [-0.25, -0.2) is 0 Å². The Balaban J connectivity index is 2.27. The van der Waals surface area contributed by atoms with E-state index in [1.807, 2.05) is 11.8 Å². The van der Waals surface area contributed by atoms with Crippen LogP contribution in [0, 0.1) is 5.92 Å². The van der Waals surface area contributed by atoms with Gasteiger partial charge in [-0.05, 0) is 6.92 Å². The van der Waals surface area contributed by atoms with Crippen LogP contribution in [0.1, 0.15) is 6.92 Å². The molecule has 0 bridgehead atoms. The van der Waals surface area contributed by atoms with Gasteiger partial charge in [0, 0.05) is 17.4 Å². The molecule has 1 heterocycles. The molecule has 1 rings (SSSR count). The van der Waals surface area contributed by atoms with Gasteiger partial charge in [-0.3, -0.25) is 4.79 Å². The lowest BCUT2D eigenvalue weighted by molar-refractivity contribution is -0.119. The molecule has 40 valence electrons. The fourth-order valence-electron chi connectivity index (χ4n) is 0.470. The Morgan fingerprint density at radius 3 is 2.29 bits per heavy atom. The van der Waals surface area contributed by atoms with Crippen molar-refractivity contribution in [3.05, 3.63) is 0 Å². The average Bonchev–Trinajstić information content (AvgIpc) is 1.23. The molecule has 1 saturated heterocycles. The van der Waals surface area contributed by atoms with Crippen molar-refractivity contribution >= 4 is 17.5 Å². The molecule has 0 N–H and O–H groups in total. The first-order chi connectivity index (χ1) is 3.30. The number of rotatable bonds is 1. The van der Waals surface area contributed by atoms with E-state index in [1.54, 1.807) is 6.92 Å². The van der Waals surface area contributed by atoms with Crippen LogP contribution in [0.2, 0.25) is 0 Å². The first-order valence-corrected chi connectivity index (χ1v) is 3.54. The third-order valence-corrected chi connectivity index (χ3v) is 2.49. The summed E-state index contributed by atoms with van der Waals surface area (Å²) >= 11 is 1.85. The topological polar surface area (TPSA) is 17.1 Å². The highest BCUT2D eigenvalue weighted by atomic mass is 32.2. The average molecular weight is 116 g/mol. The Kier molecular flexibility index (Phi) is 1.38. The maximum atomic E-state index is 10.4. The smallest absolute Gasteiger partial charge is 0.134 e. The van der Waals surface area contributed by atoms with Crippen molar-refractivity contribution in [2.75, 3.05) is 11.5 Å². The number of hydrogen-bond donors (Lipinski definition) is 0. The minimum Gasteiger partial charge on any atom is -0.300 e. The number of carbonyl (C=O) groups is 1. The fourth-order valence-corrected chi connectivity index (χ4v) is 1.41. The summed E-state index contributed by atoms with van der Waals surface area (Å²) in [6, 6.07) is 0. The quantitative estimate of drug-likeness (QED) is 0.507. The zero-order chi connectivity index (χ0) is 5.28. The molecule has 0 aromatic heterocycles. The predicted molar refractivity (Wildman–Crippen MR) is 31.5 cm³/mol. The van der Waals surface area contributed by atoms with Crippen molar-refractivity contribution < 1.29 is 4.79 Å². The van der Waals surface area contributed by atoms with Crippen LogP contribution in [-0.4, -0.2) is 17.3 Å². The highest BCUT2D eigenvalue weighted by Gasteiger charge is 2.21. The normalized spacial score (nSPS) is 21.3. The summed E-state index contributed by atoms with van der Waals surface area (Å²) in [7, 11) is 0. The Morgan fingerprint density at radius 1 is 1.71 bits per heavy atom. The van der Waals surface area contributed by atoms with Crippen molar-refractivity contribution in [1.29, 1.82) is 0 Å². The van der Waals surface area contributed by atoms with Gasteiger partial charge in [0.2, 0.25) is 0 Å². The Hall–Kier alpha value is 0.0200. The van der Waals surface area contributed by atoms with Crippen molar-refractivity contribution in [2.24, 2.45) is 5.92 Å². The molecule has 1 fully saturated rings. The second-order valence-corrected chi connectivity index (χ2v) is 2.92. The summed E-state index contributed by atoms with van der Waals surface area (Å²) in [5, 5.41) is 0. The maximum Gasteiger partial charge on any atom is 0.134 e. The molecule has 2 heteroatoms. The van der Waals surface area contributed by atoms with Gasteiger partial charge in [0.05, 0.1) is 0 Å². The molecule has 1 aliphatic rings. The Morgan fingerprint density at radius 2 is 2.29 bits per heavy atom. The van der Waals surface area contributed by atoms with Crippen LogP contribution in [0.5, 0.6) is 0 Å². The van der Waals surface area contributed by atoms with Crippen LogP contribution < -0.4 is 0 Å². The van der Waals surface area contributed by atoms with E-state index in [2.05, 4.69) is 0 Å². The largest absolute Gasteiger partial charge is 0.300 e. The Labute approximate surface area is 47.5 Å². The highest BCUT2D eigenvalue weighted by Crippen LogP contribution is 2.24. The van der Waals surface area contributed by atoms with Gasteiger partial charge in [0.1, 0.15) is 5.78 Å². The second kappa shape index (κ2) is 1.86. The summed E-state index contributed by atoms with van der Waals surface area (Å²) < 4.78 is 0. The molecule has 0 aliphatic carbocycles. The van der Waals surface area contributed by atoms with Gasteiger partial charge in [0.25, 0.3) is 0 Å². The maximum absolute atomic E-state index is 10.4. The lowest BCUT2D eigenvalue weighted by atomic mass is 10.1. The van der Waals surface area contributed by atoms with Gasteiger partial charge in [0.15, 0.2) is 0 Å². The minimum atomic E-state index is 0.360. The standard InChI is InChI=1S/C5H8OS/c1-4(6)5-2-7-3-5/h5H,2-3H2,1H3. The summed E-state index contributed by atoms with van der Waals surface area (Å²) in [5.41, 5.74) is 0. The first kappa shape index (κ1) is 5.16. The molecule has 0 amide bonds. The molecule has 1 aliphatic heterocycles. The van der Waals surface area contributed by atoms with E-state index in [0.717, 1.165) is 11.5 Å². The third kappa shape index (κ3) is 0.969. The molecule has 0 atom stereocenters. The molecule has 0 spiro atoms. The van der Waals surface area contributed by atoms with Gasteiger partial charge < -0.3 is 0 Å². The number of carbonyl (C=O) groups excluding carboxylic acids is 1. The van der Waals surface area contributed by atoms with E-state index < -0.39 is 0 Å². The van der Waals surface area contributed by atoms with Gasteiger partial charge in [-0.2, -0.15) is 11.8 Å². The van der Waals surface area contributed by atoms with Crippen molar-refractivity contribution in [1.82, 2.24) is 0 Å². The van der Waals surface area contributed by atoms with Crippen LogP contribution in [0.25, 0.3) is 0 Å².